The van der Waals surface area contributed by atoms with E-state index in [4.69, 9.17) is 15.2 Å². The van der Waals surface area contributed by atoms with Crippen molar-refractivity contribution >= 4 is 10.0 Å². The maximum Gasteiger partial charge on any atom is 0.240 e. The summed E-state index contributed by atoms with van der Waals surface area (Å²) in [6.45, 7) is 0.637. The molecule has 6 nitrogen and oxygen atoms in total. The number of benzene rings is 1. The minimum Gasteiger partial charge on any atom is -0.454 e. The minimum atomic E-state index is -3.55. The number of ether oxygens (including phenoxy) is 2. The average molecular weight is 298 g/mol. The third kappa shape index (κ3) is 2.48. The van der Waals surface area contributed by atoms with Gasteiger partial charge in [-0.15, -0.1) is 0 Å². The maximum absolute atomic E-state index is 12.4. The largest absolute Gasteiger partial charge is 0.454 e. The van der Waals surface area contributed by atoms with E-state index in [9.17, 15) is 8.42 Å². The topological polar surface area (TPSA) is 90.7 Å². The van der Waals surface area contributed by atoms with Gasteiger partial charge in [-0.2, -0.15) is 0 Å². The lowest BCUT2D eigenvalue weighted by Gasteiger charge is -2.19. The molecule has 2 atom stereocenters. The van der Waals surface area contributed by atoms with E-state index < -0.39 is 10.0 Å². The van der Waals surface area contributed by atoms with Gasteiger partial charge in [-0.1, -0.05) is 6.42 Å². The van der Waals surface area contributed by atoms with Crippen molar-refractivity contribution in [1.29, 1.82) is 0 Å². The average Bonchev–Trinajstić information content (AvgIpc) is 3.05. The number of rotatable bonds is 4. The van der Waals surface area contributed by atoms with Gasteiger partial charge in [-0.05, 0) is 37.4 Å². The molecule has 0 bridgehead atoms. The molecule has 0 amide bonds. The van der Waals surface area contributed by atoms with Crippen LogP contribution in [0.15, 0.2) is 23.1 Å². The van der Waals surface area contributed by atoms with E-state index in [0.717, 1.165) is 19.3 Å². The monoisotopic (exact) mass is 298 g/mol. The highest BCUT2D eigenvalue weighted by Gasteiger charge is 2.31. The predicted molar refractivity (Wildman–Crippen MR) is 73.1 cm³/mol. The maximum atomic E-state index is 12.4. The van der Waals surface area contributed by atoms with Crippen LogP contribution in [0.25, 0.3) is 0 Å². The van der Waals surface area contributed by atoms with Crippen LogP contribution in [0.5, 0.6) is 11.5 Å². The lowest BCUT2D eigenvalue weighted by atomic mass is 10.1. The molecule has 2 aliphatic rings. The molecule has 110 valence electrons. The lowest BCUT2D eigenvalue weighted by Crippen LogP contribution is -2.39. The van der Waals surface area contributed by atoms with Gasteiger partial charge in [0.15, 0.2) is 11.5 Å². The first-order valence-electron chi connectivity index (χ1n) is 6.72. The highest BCUT2D eigenvalue weighted by atomic mass is 32.2. The Bertz CT molecular complexity index is 602. The van der Waals surface area contributed by atoms with Crippen LogP contribution in [0.4, 0.5) is 0 Å². The molecule has 1 aromatic carbocycles. The van der Waals surface area contributed by atoms with Crippen molar-refractivity contribution in [3.05, 3.63) is 18.2 Å². The summed E-state index contributed by atoms with van der Waals surface area (Å²) in [4.78, 5) is 0.199. The van der Waals surface area contributed by atoms with Crippen LogP contribution in [0.3, 0.4) is 0 Å². The van der Waals surface area contributed by atoms with E-state index >= 15 is 0 Å². The normalized spacial score (nSPS) is 25.1. The molecular formula is C13H18N2O4S. The molecule has 0 saturated heterocycles. The zero-order chi connectivity index (χ0) is 14.2. The van der Waals surface area contributed by atoms with E-state index in [0.29, 0.717) is 18.0 Å². The Kier molecular flexibility index (Phi) is 3.57. The van der Waals surface area contributed by atoms with Crippen molar-refractivity contribution in [2.24, 2.45) is 11.7 Å². The van der Waals surface area contributed by atoms with Crippen molar-refractivity contribution in [1.82, 2.24) is 4.72 Å². The Morgan fingerprint density at radius 3 is 2.85 bits per heavy atom. The van der Waals surface area contributed by atoms with Crippen molar-refractivity contribution in [2.75, 3.05) is 13.3 Å². The van der Waals surface area contributed by atoms with Gasteiger partial charge in [-0.25, -0.2) is 13.1 Å². The van der Waals surface area contributed by atoms with Crippen molar-refractivity contribution in [3.8, 4) is 11.5 Å². The van der Waals surface area contributed by atoms with Gasteiger partial charge in [-0.3, -0.25) is 0 Å². The number of sulfonamides is 1. The second kappa shape index (κ2) is 5.23. The first-order chi connectivity index (χ1) is 9.60. The second-order valence-electron chi connectivity index (χ2n) is 5.17. The van der Waals surface area contributed by atoms with Gasteiger partial charge in [0.1, 0.15) is 0 Å². The molecule has 2 unspecified atom stereocenters. The Morgan fingerprint density at radius 2 is 2.05 bits per heavy atom. The van der Waals surface area contributed by atoms with Crippen LogP contribution in [-0.4, -0.2) is 27.8 Å². The van der Waals surface area contributed by atoms with Crippen molar-refractivity contribution in [3.63, 3.8) is 0 Å². The van der Waals surface area contributed by atoms with E-state index in [1.54, 1.807) is 6.07 Å². The van der Waals surface area contributed by atoms with Crippen LogP contribution in [0.1, 0.15) is 19.3 Å². The molecule has 0 radical (unpaired) electrons. The molecule has 1 heterocycles. The van der Waals surface area contributed by atoms with Gasteiger partial charge in [0.05, 0.1) is 4.90 Å². The summed E-state index contributed by atoms with van der Waals surface area (Å²) in [5.74, 6) is 1.26. The highest BCUT2D eigenvalue weighted by molar-refractivity contribution is 7.89. The third-order valence-electron chi connectivity index (χ3n) is 3.92. The first-order valence-corrected chi connectivity index (χ1v) is 8.20. The second-order valence-corrected chi connectivity index (χ2v) is 6.88. The first kappa shape index (κ1) is 13.7. The van der Waals surface area contributed by atoms with E-state index in [-0.39, 0.29) is 23.6 Å². The summed E-state index contributed by atoms with van der Waals surface area (Å²) in [7, 11) is -3.55. The van der Waals surface area contributed by atoms with Gasteiger partial charge in [0.2, 0.25) is 16.8 Å². The minimum absolute atomic E-state index is 0.0737. The number of hydrogen-bond donors (Lipinski definition) is 2. The fourth-order valence-electron chi connectivity index (χ4n) is 2.79. The molecule has 3 N–H and O–H groups in total. The number of nitrogens with two attached hydrogens (primary N) is 1. The van der Waals surface area contributed by atoms with Crippen LogP contribution in [0, 0.1) is 5.92 Å². The van der Waals surface area contributed by atoms with Crippen LogP contribution in [0.2, 0.25) is 0 Å². The molecule has 1 fully saturated rings. The smallest absolute Gasteiger partial charge is 0.240 e. The highest BCUT2D eigenvalue weighted by Crippen LogP contribution is 2.34. The zero-order valence-corrected chi connectivity index (χ0v) is 11.9. The van der Waals surface area contributed by atoms with Crippen LogP contribution < -0.4 is 19.9 Å². The molecule has 1 aliphatic heterocycles. The molecule has 3 rings (SSSR count). The summed E-state index contributed by atoms with van der Waals surface area (Å²) >= 11 is 0. The van der Waals surface area contributed by atoms with Gasteiger partial charge in [0, 0.05) is 12.1 Å². The summed E-state index contributed by atoms with van der Waals surface area (Å²) < 4.78 is 38.0. The van der Waals surface area contributed by atoms with Crippen molar-refractivity contribution < 1.29 is 17.9 Å². The predicted octanol–water partition coefficient (Wildman–Crippen LogP) is 0.821. The van der Waals surface area contributed by atoms with Gasteiger partial charge < -0.3 is 15.2 Å². The zero-order valence-electron chi connectivity index (χ0n) is 11.0. The molecule has 7 heteroatoms. The van der Waals surface area contributed by atoms with Crippen LogP contribution >= 0.6 is 0 Å². The van der Waals surface area contributed by atoms with E-state index in [1.165, 1.54) is 12.1 Å². The summed E-state index contributed by atoms with van der Waals surface area (Å²) in [5.41, 5.74) is 5.68. The molecule has 20 heavy (non-hydrogen) atoms. The molecule has 1 aromatic rings. The Morgan fingerprint density at radius 1 is 1.25 bits per heavy atom. The van der Waals surface area contributed by atoms with E-state index in [2.05, 4.69) is 4.72 Å². The number of fused-ring (bicyclic) bond motifs is 1. The quantitative estimate of drug-likeness (QED) is 0.859. The Labute approximate surface area is 118 Å². The summed E-state index contributed by atoms with van der Waals surface area (Å²) in [6.07, 6.45) is 2.83. The fourth-order valence-corrected chi connectivity index (χ4v) is 4.14. The van der Waals surface area contributed by atoms with Crippen LogP contribution in [-0.2, 0) is 10.0 Å². The summed E-state index contributed by atoms with van der Waals surface area (Å²) in [5, 5.41) is 0. The Balaban J connectivity index is 1.81. The number of nitrogens with one attached hydrogen (secondary N) is 1. The summed E-state index contributed by atoms with van der Waals surface area (Å²) in [6, 6.07) is 4.57. The molecule has 0 aromatic heterocycles. The standard InChI is InChI=1S/C13H18N2O4S/c14-7-9-2-1-3-11(9)15-20(16,17)10-4-5-12-13(6-10)19-8-18-12/h4-6,9,11,15H,1-3,7-8,14H2. The Hall–Kier alpha value is -1.31. The molecule has 0 spiro atoms. The van der Waals surface area contributed by atoms with Crippen molar-refractivity contribution in [2.45, 2.75) is 30.2 Å². The van der Waals surface area contributed by atoms with Gasteiger partial charge >= 0.3 is 0 Å². The van der Waals surface area contributed by atoms with Gasteiger partial charge in [0.25, 0.3) is 0 Å². The fraction of sp³-hybridized carbons (Fsp3) is 0.538. The molecule has 1 aliphatic carbocycles. The number of hydrogen-bond acceptors (Lipinski definition) is 5. The molecular weight excluding hydrogens is 280 g/mol. The molecule has 1 saturated carbocycles. The SMILES string of the molecule is NCC1CCCC1NS(=O)(=O)c1ccc2c(c1)OCO2. The lowest BCUT2D eigenvalue weighted by molar-refractivity contribution is 0.174. The van der Waals surface area contributed by atoms with E-state index in [1.807, 2.05) is 0 Å². The third-order valence-corrected chi connectivity index (χ3v) is 5.41.